The van der Waals surface area contributed by atoms with Crippen molar-refractivity contribution in [2.45, 2.75) is 28.5 Å². The number of azo groups is 2. The largest absolute Gasteiger partial charge is 0.505 e. The van der Waals surface area contributed by atoms with E-state index in [0.717, 1.165) is 36.4 Å². The van der Waals surface area contributed by atoms with Crippen LogP contribution >= 0.6 is 23.2 Å². The second-order valence-electron chi connectivity index (χ2n) is 15.3. The van der Waals surface area contributed by atoms with Gasteiger partial charge >= 0.3 is 10.4 Å². The number of nitrogens with one attached hydrogen (secondary N) is 3. The number of rotatable bonds is 21. The second kappa shape index (κ2) is 24.6. The number of hydrogen-bond donors (Lipinski definition) is 8. The third kappa shape index (κ3) is 15.4. The Hall–Kier alpha value is -6.92. The zero-order valence-electron chi connectivity index (χ0n) is 39.4. The SMILES string of the molecule is C=C.Cc1cc(Nc2nc(Cl)nc(Nc3ccc4c(O)c(N=Nc5cc(NOCCS(=O)OCCl)ccc5S(=O)(=O)O)c(C)cc4c3)n2)c2c(O)c(N=Nc3ccc(S(=O)(=O)COS(=O)(=O)O)cc3)c(S(=O)(=O)O)cc2c1. The van der Waals surface area contributed by atoms with Crippen LogP contribution in [0, 0.1) is 13.8 Å². The van der Waals surface area contributed by atoms with Gasteiger partial charge in [0.25, 0.3) is 20.2 Å². The first kappa shape index (κ1) is 59.3. The maximum Gasteiger partial charge on any atom is 0.398 e. The molecule has 0 saturated carbocycles. The standard InChI is InChI=1S/C41H36Cl2N10O17S5.C2H4/c1-21-13-24-17-33(74(62,63)64)36(52-49-25-3-7-28(8-4-25)72(57,58)20-70-75(65,66)67)38(55)34(24)31(14-21)45-41-47-39(43)46-40(48-41)44-26-5-9-29-23(16-26)15-22(2)35(37(29)54)51-50-30-18-27(6-10-32(30)73(59,60)61)53-68-11-12-71(56)69-19-42;1-2/h3-10,13-18,53-55H,11-12,19-20H2,1-2H3,(H,59,60,61)(H,62,63,64)(H,65,66,67)(H2,44,45,46,47,48);1-2H2. The smallest absolute Gasteiger partial charge is 0.398 e. The highest BCUT2D eigenvalue weighted by Gasteiger charge is 2.25. The van der Waals surface area contributed by atoms with Gasteiger partial charge in [0.2, 0.25) is 27.0 Å². The average Bonchev–Trinajstić information content (AvgIpc) is 3.34. The van der Waals surface area contributed by atoms with E-state index >= 15 is 0 Å². The Kier molecular flexibility index (Phi) is 19.0. The predicted octanol–water partition coefficient (Wildman–Crippen LogP) is 9.24. The van der Waals surface area contributed by atoms with Crippen molar-refractivity contribution < 1.29 is 75.0 Å². The molecule has 1 unspecified atom stereocenters. The number of hydrogen-bond acceptors (Lipinski definition) is 24. The molecule has 0 spiro atoms. The van der Waals surface area contributed by atoms with Crippen LogP contribution in [0.15, 0.2) is 133 Å². The fourth-order valence-corrected chi connectivity index (χ4v) is 10.6. The number of anilines is 5. The lowest BCUT2D eigenvalue weighted by molar-refractivity contribution is 0.210. The van der Waals surface area contributed by atoms with Crippen LogP contribution in [-0.2, 0) is 64.8 Å². The molecule has 0 bridgehead atoms. The number of fused-ring (bicyclic) bond motifs is 2. The highest BCUT2D eigenvalue weighted by atomic mass is 35.5. The summed E-state index contributed by atoms with van der Waals surface area (Å²) in [6.07, 6.45) is 0. The van der Waals surface area contributed by atoms with Gasteiger partial charge in [0.15, 0.2) is 28.5 Å². The number of aromatic nitrogens is 3. The Balaban J connectivity index is 0.00000475. The number of aromatic hydroxyl groups is 2. The molecule has 0 radical (unpaired) electrons. The van der Waals surface area contributed by atoms with Crippen LogP contribution in [0.2, 0.25) is 5.28 Å². The number of aryl methyl sites for hydroxylation is 2. The molecular weight excluding hydrogens is 1160 g/mol. The summed E-state index contributed by atoms with van der Waals surface area (Å²) >= 11 is 10.0. The summed E-state index contributed by atoms with van der Waals surface area (Å²) in [6, 6.07) is 17.8. The molecule has 34 heteroatoms. The molecule has 7 rings (SSSR count). The molecule has 77 heavy (non-hydrogen) atoms. The van der Waals surface area contributed by atoms with E-state index in [0.29, 0.717) is 22.2 Å². The molecule has 1 atom stereocenters. The zero-order chi connectivity index (χ0) is 56.6. The summed E-state index contributed by atoms with van der Waals surface area (Å²) in [7, 11) is -19.4. The van der Waals surface area contributed by atoms with Crippen molar-refractivity contribution in [3.8, 4) is 11.5 Å². The van der Waals surface area contributed by atoms with Gasteiger partial charge in [-0.3, -0.25) is 28.2 Å². The number of sulfone groups is 1. The van der Waals surface area contributed by atoms with Crippen LogP contribution in [0.25, 0.3) is 21.5 Å². The Morgan fingerprint density at radius 1 is 0.701 bits per heavy atom. The number of benzene rings is 6. The second-order valence-corrected chi connectivity index (χ2v) is 22.9. The lowest BCUT2D eigenvalue weighted by atomic mass is 10.0. The van der Waals surface area contributed by atoms with Crippen LogP contribution in [0.5, 0.6) is 11.5 Å². The molecule has 408 valence electrons. The monoisotopic (exact) mass is 1200 g/mol. The maximum absolute atomic E-state index is 12.6. The third-order valence-corrected chi connectivity index (χ3v) is 15.0. The first-order valence-corrected chi connectivity index (χ1v) is 29.1. The molecule has 0 aliphatic rings. The lowest BCUT2D eigenvalue weighted by Gasteiger charge is -2.15. The van der Waals surface area contributed by atoms with Crippen molar-refractivity contribution in [3.63, 3.8) is 0 Å². The van der Waals surface area contributed by atoms with Gasteiger partial charge in [0.05, 0.1) is 34.3 Å². The van der Waals surface area contributed by atoms with Crippen LogP contribution in [0.1, 0.15) is 11.1 Å². The molecule has 0 fully saturated rings. The minimum absolute atomic E-state index is 0.0402. The molecule has 0 saturated heterocycles. The van der Waals surface area contributed by atoms with E-state index in [-0.39, 0.29) is 86.0 Å². The van der Waals surface area contributed by atoms with Gasteiger partial charge in [0.1, 0.15) is 32.9 Å². The summed E-state index contributed by atoms with van der Waals surface area (Å²) in [5.74, 6) is -2.90. The summed E-state index contributed by atoms with van der Waals surface area (Å²) in [6.45, 7) is 9.15. The topological polar surface area (TPSA) is 407 Å². The van der Waals surface area contributed by atoms with Crippen LogP contribution < -0.4 is 16.1 Å². The predicted molar refractivity (Wildman–Crippen MR) is 283 cm³/mol. The van der Waals surface area contributed by atoms with E-state index in [4.69, 9.17) is 36.8 Å². The molecule has 8 N–H and O–H groups in total. The van der Waals surface area contributed by atoms with E-state index < -0.39 is 83.6 Å². The zero-order valence-corrected chi connectivity index (χ0v) is 45.0. The van der Waals surface area contributed by atoms with Crippen LogP contribution in [0.3, 0.4) is 0 Å². The lowest BCUT2D eigenvalue weighted by Crippen LogP contribution is -2.14. The maximum atomic E-state index is 12.6. The van der Waals surface area contributed by atoms with Gasteiger partial charge in [-0.15, -0.1) is 28.5 Å². The van der Waals surface area contributed by atoms with E-state index in [1.807, 2.05) is 0 Å². The van der Waals surface area contributed by atoms with Crippen LogP contribution in [0.4, 0.5) is 51.7 Å². The minimum Gasteiger partial charge on any atom is -0.505 e. The van der Waals surface area contributed by atoms with Crippen molar-refractivity contribution >= 4 is 148 Å². The van der Waals surface area contributed by atoms with Crippen molar-refractivity contribution in [2.75, 3.05) is 40.5 Å². The van der Waals surface area contributed by atoms with Gasteiger partial charge < -0.3 is 20.8 Å². The fourth-order valence-electron chi connectivity index (χ4n) is 6.81. The number of nitrogens with zero attached hydrogens (tertiary/aromatic N) is 7. The Morgan fingerprint density at radius 2 is 1.35 bits per heavy atom. The van der Waals surface area contributed by atoms with Crippen LogP contribution in [-0.4, -0.2) is 101 Å². The third-order valence-electron chi connectivity index (χ3n) is 9.99. The number of alkyl halides is 1. The Labute approximate surface area is 450 Å². The number of halogens is 2. The molecule has 0 amide bonds. The summed E-state index contributed by atoms with van der Waals surface area (Å²) in [5, 5.41) is 45.2. The van der Waals surface area contributed by atoms with E-state index in [1.165, 1.54) is 30.3 Å². The minimum atomic E-state index is -5.09. The summed E-state index contributed by atoms with van der Waals surface area (Å²) in [4.78, 5) is 16.0. The van der Waals surface area contributed by atoms with E-state index in [1.54, 1.807) is 32.0 Å². The summed E-state index contributed by atoms with van der Waals surface area (Å²) in [5.41, 5.74) is 2.86. The first-order valence-electron chi connectivity index (χ1n) is 21.0. The first-order chi connectivity index (χ1) is 36.2. The summed E-state index contributed by atoms with van der Waals surface area (Å²) < 4.78 is 145. The normalized spacial score (nSPS) is 12.7. The van der Waals surface area contributed by atoms with Gasteiger partial charge in [0, 0.05) is 16.5 Å². The van der Waals surface area contributed by atoms with Crippen molar-refractivity contribution in [2.24, 2.45) is 20.5 Å². The molecule has 27 nitrogen and oxygen atoms in total. The fraction of sp³-hybridized carbons (Fsp3) is 0.140. The molecular formula is C43H40Cl2N10O17S5. The van der Waals surface area contributed by atoms with Crippen molar-refractivity contribution in [1.29, 1.82) is 0 Å². The molecule has 6 aromatic carbocycles. The quantitative estimate of drug-likeness (QED) is 0.00829. The highest BCUT2D eigenvalue weighted by molar-refractivity contribution is 7.92. The molecule has 7 aromatic rings. The molecule has 0 aliphatic carbocycles. The molecule has 1 heterocycles. The van der Waals surface area contributed by atoms with Gasteiger partial charge in [-0.2, -0.15) is 45.3 Å². The number of phenolic OH excluding ortho intramolecular Hbond substituents is 2. The van der Waals surface area contributed by atoms with Gasteiger partial charge in [-0.1, -0.05) is 17.7 Å². The van der Waals surface area contributed by atoms with Gasteiger partial charge in [-0.25, -0.2) is 16.8 Å². The molecule has 0 aliphatic heterocycles. The Bertz CT molecular complexity index is 3980. The van der Waals surface area contributed by atoms with Crippen molar-refractivity contribution in [1.82, 2.24) is 15.0 Å². The highest BCUT2D eigenvalue weighted by Crippen LogP contribution is 2.46. The van der Waals surface area contributed by atoms with Gasteiger partial charge in [-0.05, 0) is 126 Å². The Morgan fingerprint density at radius 3 is 2.00 bits per heavy atom. The van der Waals surface area contributed by atoms with E-state index in [2.05, 4.69) is 68.9 Å². The molecule has 1 aromatic heterocycles. The number of phenols is 2. The van der Waals surface area contributed by atoms with Crippen molar-refractivity contribution in [3.05, 3.63) is 114 Å². The van der Waals surface area contributed by atoms with E-state index in [9.17, 15) is 57.2 Å². The average molecular weight is 1200 g/mol.